The van der Waals surface area contributed by atoms with Crippen LogP contribution in [0, 0.1) is 0 Å². The second-order valence-corrected chi connectivity index (χ2v) is 18.1. The van der Waals surface area contributed by atoms with Crippen molar-refractivity contribution in [2.24, 2.45) is 0 Å². The minimum absolute atomic E-state index is 0.0734. The highest BCUT2D eigenvalue weighted by atomic mass is 16.2. The lowest BCUT2D eigenvalue weighted by Crippen LogP contribution is -2.26. The summed E-state index contributed by atoms with van der Waals surface area (Å²) in [4.78, 5) is 57.2. The van der Waals surface area contributed by atoms with E-state index in [-0.39, 0.29) is 45.9 Å². The first-order valence-electron chi connectivity index (χ1n) is 21.6. The summed E-state index contributed by atoms with van der Waals surface area (Å²) >= 11 is 0. The molecule has 0 unspecified atom stereocenters. The van der Waals surface area contributed by atoms with E-state index in [0.29, 0.717) is 32.9 Å². The Morgan fingerprint density at radius 2 is 0.581 bits per heavy atom. The SMILES string of the molecule is C=Cc1cc(C(C)C)c(-n2c(=O)c3cc4cc5ccc6cc7cc8c(=O)n(-c9c(C(C)C)cc(C=C)cc9C(C)C)c(=O)c8cc7cc6ccc5cc4cc3c2=O)c(C(C)C)c1. The van der Waals surface area contributed by atoms with Gasteiger partial charge >= 0.3 is 0 Å². The lowest BCUT2D eigenvalue weighted by atomic mass is 9.90. The average Bonchev–Trinajstić information content (AvgIpc) is 3.62. The summed E-state index contributed by atoms with van der Waals surface area (Å²) in [5.41, 5.74) is 5.78. The molecule has 2 aromatic heterocycles. The third kappa shape index (κ3) is 6.31. The molecule has 9 rings (SSSR count). The van der Waals surface area contributed by atoms with Crippen molar-refractivity contribution in [2.75, 3.05) is 0 Å². The van der Waals surface area contributed by atoms with Gasteiger partial charge in [0, 0.05) is 0 Å². The zero-order valence-corrected chi connectivity index (χ0v) is 36.6. The number of benzene rings is 6. The number of fused-ring (bicyclic) bond motifs is 6. The van der Waals surface area contributed by atoms with Crippen LogP contribution in [0.15, 0.2) is 129 Å². The van der Waals surface area contributed by atoms with E-state index in [1.165, 1.54) is 9.13 Å². The average molecular weight is 815 g/mol. The summed E-state index contributed by atoms with van der Waals surface area (Å²) < 4.78 is 2.78. The van der Waals surface area contributed by atoms with Crippen molar-refractivity contribution < 1.29 is 0 Å². The van der Waals surface area contributed by atoms with Gasteiger partial charge in [0.1, 0.15) is 0 Å². The lowest BCUT2D eigenvalue weighted by molar-refractivity contribution is 0.795. The molecule has 6 heteroatoms. The van der Waals surface area contributed by atoms with Crippen LogP contribution in [0.4, 0.5) is 0 Å². The molecule has 0 aliphatic rings. The van der Waals surface area contributed by atoms with Crippen molar-refractivity contribution in [3.05, 3.63) is 185 Å². The summed E-state index contributed by atoms with van der Waals surface area (Å²) in [6, 6.07) is 32.1. The summed E-state index contributed by atoms with van der Waals surface area (Å²) in [6.07, 6.45) is 3.62. The minimum Gasteiger partial charge on any atom is -0.268 e. The highest BCUT2D eigenvalue weighted by molar-refractivity contribution is 6.07. The van der Waals surface area contributed by atoms with Crippen LogP contribution in [0.5, 0.6) is 0 Å². The third-order valence-corrected chi connectivity index (χ3v) is 12.8. The fourth-order valence-electron chi connectivity index (χ4n) is 9.41. The predicted octanol–water partition coefficient (Wildman–Crippen LogP) is 12.8. The standard InChI is InChI=1S/C56H50N2O4/c1-11-33-17-43(29(3)4)51(44(18-33)30(5)6)57-53(59)47-25-39-21-35-13-15-37-23-41-27-49-50(28-42(41)24-38(37)16-14-36(35)22-40(39)26-48(47)54(57)60)56(62)58(55(49)61)52-45(31(7)8)19-34(12-2)20-46(52)32(9)10/h11-32H,1-2H2,3-10H3. The van der Waals surface area contributed by atoms with Gasteiger partial charge in [-0.25, -0.2) is 9.13 Å². The van der Waals surface area contributed by atoms with Gasteiger partial charge in [-0.2, -0.15) is 0 Å². The van der Waals surface area contributed by atoms with E-state index in [1.54, 1.807) is 0 Å². The van der Waals surface area contributed by atoms with Gasteiger partial charge in [-0.05, 0) is 173 Å². The minimum atomic E-state index is -0.314. The Morgan fingerprint density at radius 3 is 0.774 bits per heavy atom. The molecule has 0 saturated heterocycles. The molecule has 0 aliphatic heterocycles. The molecule has 0 radical (unpaired) electrons. The van der Waals surface area contributed by atoms with Crippen LogP contribution in [-0.4, -0.2) is 9.13 Å². The second kappa shape index (κ2) is 14.9. The lowest BCUT2D eigenvalue weighted by Gasteiger charge is -2.20. The summed E-state index contributed by atoms with van der Waals surface area (Å²) in [5.74, 6) is 0.294. The molecule has 6 nitrogen and oxygen atoms in total. The van der Waals surface area contributed by atoms with Crippen molar-refractivity contribution in [3.8, 4) is 11.4 Å². The molecule has 62 heavy (non-hydrogen) atoms. The Labute approximate surface area is 360 Å². The molecular weight excluding hydrogens is 765 g/mol. The fraction of sp³-hybridized carbons (Fsp3) is 0.214. The van der Waals surface area contributed by atoms with Gasteiger partial charge in [-0.3, -0.25) is 19.2 Å². The van der Waals surface area contributed by atoms with E-state index < -0.39 is 0 Å². The summed E-state index contributed by atoms with van der Waals surface area (Å²) in [5, 5.41) is 8.90. The van der Waals surface area contributed by atoms with E-state index in [0.717, 1.165) is 76.5 Å². The van der Waals surface area contributed by atoms with Gasteiger partial charge in [-0.15, -0.1) is 0 Å². The quantitative estimate of drug-likeness (QED) is 0.153. The van der Waals surface area contributed by atoms with Crippen LogP contribution < -0.4 is 22.2 Å². The normalized spacial score (nSPS) is 12.2. The topological polar surface area (TPSA) is 78.1 Å². The highest BCUT2D eigenvalue weighted by Crippen LogP contribution is 2.35. The number of aromatic nitrogens is 2. The van der Waals surface area contributed by atoms with Gasteiger partial charge in [0.05, 0.1) is 32.9 Å². The molecule has 2 heterocycles. The molecule has 0 saturated carbocycles. The number of hydrogen-bond acceptors (Lipinski definition) is 4. The first-order chi connectivity index (χ1) is 29.6. The molecular formula is C56H50N2O4. The molecule has 0 aliphatic carbocycles. The maximum Gasteiger partial charge on any atom is 0.266 e. The van der Waals surface area contributed by atoms with Crippen molar-refractivity contribution in [1.82, 2.24) is 9.13 Å². The van der Waals surface area contributed by atoms with Gasteiger partial charge < -0.3 is 0 Å². The van der Waals surface area contributed by atoms with Crippen LogP contribution in [0.2, 0.25) is 0 Å². The maximum atomic E-state index is 14.3. The molecule has 0 amide bonds. The molecule has 9 aromatic rings. The van der Waals surface area contributed by atoms with Crippen molar-refractivity contribution in [2.45, 2.75) is 79.1 Å². The molecule has 0 N–H and O–H groups in total. The van der Waals surface area contributed by atoms with E-state index >= 15 is 0 Å². The smallest absolute Gasteiger partial charge is 0.266 e. The largest absolute Gasteiger partial charge is 0.268 e. The van der Waals surface area contributed by atoms with Crippen LogP contribution in [0.3, 0.4) is 0 Å². The Balaban J connectivity index is 1.21. The van der Waals surface area contributed by atoms with Crippen molar-refractivity contribution in [1.29, 1.82) is 0 Å². The maximum absolute atomic E-state index is 14.3. The number of hydrogen-bond donors (Lipinski definition) is 0. The van der Waals surface area contributed by atoms with Gasteiger partial charge in [0.15, 0.2) is 0 Å². The molecule has 0 fully saturated rings. The van der Waals surface area contributed by atoms with Gasteiger partial charge in [0.2, 0.25) is 0 Å². The zero-order chi connectivity index (χ0) is 44.0. The second-order valence-electron chi connectivity index (χ2n) is 18.1. The van der Waals surface area contributed by atoms with Gasteiger partial charge in [0.25, 0.3) is 22.2 Å². The van der Waals surface area contributed by atoms with Crippen LogP contribution in [-0.2, 0) is 0 Å². The third-order valence-electron chi connectivity index (χ3n) is 12.8. The molecule has 308 valence electrons. The first-order valence-corrected chi connectivity index (χ1v) is 21.6. The molecule has 7 aromatic carbocycles. The van der Waals surface area contributed by atoms with Crippen LogP contribution in [0.25, 0.3) is 88.2 Å². The first kappa shape index (κ1) is 40.5. The Kier molecular flexibility index (Phi) is 9.74. The summed E-state index contributed by atoms with van der Waals surface area (Å²) in [7, 11) is 0. The van der Waals surface area contributed by atoms with Crippen molar-refractivity contribution >= 4 is 76.8 Å². The van der Waals surface area contributed by atoms with Gasteiger partial charge in [-0.1, -0.05) is 105 Å². The number of rotatable bonds is 8. The Hall–Kier alpha value is -6.92. The van der Waals surface area contributed by atoms with E-state index in [1.807, 2.05) is 60.7 Å². The zero-order valence-electron chi connectivity index (χ0n) is 36.6. The molecule has 0 atom stereocenters. The van der Waals surface area contributed by atoms with Crippen LogP contribution >= 0.6 is 0 Å². The molecule has 0 spiro atoms. The van der Waals surface area contributed by atoms with E-state index in [4.69, 9.17) is 0 Å². The molecule has 0 bridgehead atoms. The van der Waals surface area contributed by atoms with E-state index in [9.17, 15) is 19.2 Å². The predicted molar refractivity (Wildman–Crippen MR) is 263 cm³/mol. The van der Waals surface area contributed by atoms with Crippen LogP contribution in [0.1, 0.15) is 112 Å². The monoisotopic (exact) mass is 814 g/mol. The Bertz CT molecular complexity index is 3200. The highest BCUT2D eigenvalue weighted by Gasteiger charge is 2.25. The summed E-state index contributed by atoms with van der Waals surface area (Å²) in [6.45, 7) is 24.6. The van der Waals surface area contributed by atoms with E-state index in [2.05, 4.69) is 117 Å². The Morgan fingerprint density at radius 1 is 0.355 bits per heavy atom. The fourth-order valence-corrected chi connectivity index (χ4v) is 9.41. The number of nitrogens with zero attached hydrogens (tertiary/aromatic N) is 2. The van der Waals surface area contributed by atoms with Crippen molar-refractivity contribution in [3.63, 3.8) is 0 Å².